The fourth-order valence-electron chi connectivity index (χ4n) is 3.14. The number of ether oxygens (including phenoxy) is 2. The Bertz CT molecular complexity index is 938. The smallest absolute Gasteiger partial charge is 0.265 e. The Labute approximate surface area is 171 Å². The van der Waals surface area contributed by atoms with Crippen LogP contribution in [0.5, 0.6) is 11.5 Å². The third-order valence-corrected chi connectivity index (χ3v) is 6.71. The molecular weight excluding hydrogens is 392 g/mol. The molecule has 0 bridgehead atoms. The van der Waals surface area contributed by atoms with Crippen LogP contribution in [-0.4, -0.2) is 44.9 Å². The van der Waals surface area contributed by atoms with Crippen LogP contribution in [0.2, 0.25) is 0 Å². The van der Waals surface area contributed by atoms with Crippen molar-refractivity contribution in [1.82, 2.24) is 4.31 Å². The molecule has 7 nitrogen and oxygen atoms in total. The average Bonchev–Trinajstić information content (AvgIpc) is 2.75. The van der Waals surface area contributed by atoms with Gasteiger partial charge in [0.05, 0.1) is 12.0 Å². The molecule has 29 heavy (non-hydrogen) atoms. The van der Waals surface area contributed by atoms with Crippen molar-refractivity contribution in [3.8, 4) is 11.5 Å². The van der Waals surface area contributed by atoms with Crippen LogP contribution < -0.4 is 14.8 Å². The van der Waals surface area contributed by atoms with E-state index in [0.29, 0.717) is 30.3 Å². The Balaban J connectivity index is 1.61. The van der Waals surface area contributed by atoms with E-state index in [1.807, 2.05) is 0 Å². The van der Waals surface area contributed by atoms with Gasteiger partial charge in [0.15, 0.2) is 6.10 Å². The highest BCUT2D eigenvalue weighted by atomic mass is 32.2. The summed E-state index contributed by atoms with van der Waals surface area (Å²) in [6.07, 6.45) is 2.10. The Morgan fingerprint density at radius 2 is 1.69 bits per heavy atom. The maximum atomic E-state index is 12.7. The molecule has 0 spiro atoms. The minimum atomic E-state index is -3.49. The molecule has 1 amide bonds. The second kappa shape index (κ2) is 9.28. The predicted molar refractivity (Wildman–Crippen MR) is 111 cm³/mol. The maximum absolute atomic E-state index is 12.7. The van der Waals surface area contributed by atoms with Crippen molar-refractivity contribution in [3.05, 3.63) is 48.5 Å². The summed E-state index contributed by atoms with van der Waals surface area (Å²) in [5.74, 6) is 0.829. The lowest BCUT2D eigenvalue weighted by Crippen LogP contribution is -2.35. The number of carbonyl (C=O) groups is 1. The van der Waals surface area contributed by atoms with E-state index in [4.69, 9.17) is 9.47 Å². The van der Waals surface area contributed by atoms with Crippen LogP contribution >= 0.6 is 0 Å². The third kappa shape index (κ3) is 5.27. The number of nitrogens with one attached hydrogen (secondary N) is 1. The molecule has 0 aromatic heterocycles. The Kier molecular flexibility index (Phi) is 6.76. The molecule has 1 saturated heterocycles. The SMILES string of the molecule is COc1cccc(OC(C)C(=O)Nc2ccc(S(=O)(=O)N3CCCCC3)cc2)c1. The molecule has 0 saturated carbocycles. The maximum Gasteiger partial charge on any atom is 0.265 e. The zero-order valence-electron chi connectivity index (χ0n) is 16.6. The molecule has 1 N–H and O–H groups in total. The van der Waals surface area contributed by atoms with E-state index in [-0.39, 0.29) is 10.8 Å². The van der Waals surface area contributed by atoms with Crippen molar-refractivity contribution in [2.45, 2.75) is 37.2 Å². The van der Waals surface area contributed by atoms with Crippen molar-refractivity contribution >= 4 is 21.6 Å². The number of rotatable bonds is 7. The molecule has 1 aliphatic heterocycles. The normalized spacial score (nSPS) is 16.1. The Hall–Kier alpha value is -2.58. The van der Waals surface area contributed by atoms with Crippen LogP contribution in [0.15, 0.2) is 53.4 Å². The molecule has 2 aromatic rings. The Morgan fingerprint density at radius 1 is 1.03 bits per heavy atom. The van der Waals surface area contributed by atoms with Crippen LogP contribution in [0.1, 0.15) is 26.2 Å². The second-order valence-electron chi connectivity index (χ2n) is 6.92. The van der Waals surface area contributed by atoms with Crippen LogP contribution in [0, 0.1) is 0 Å². The monoisotopic (exact) mass is 418 g/mol. The number of benzene rings is 2. The zero-order valence-corrected chi connectivity index (χ0v) is 17.4. The van der Waals surface area contributed by atoms with Crippen molar-refractivity contribution in [2.24, 2.45) is 0 Å². The van der Waals surface area contributed by atoms with Crippen molar-refractivity contribution in [3.63, 3.8) is 0 Å². The van der Waals surface area contributed by atoms with Gasteiger partial charge in [-0.05, 0) is 56.2 Å². The quantitative estimate of drug-likeness (QED) is 0.746. The highest BCUT2D eigenvalue weighted by Crippen LogP contribution is 2.23. The van der Waals surface area contributed by atoms with Crippen molar-refractivity contribution < 1.29 is 22.7 Å². The summed E-state index contributed by atoms with van der Waals surface area (Å²) in [5.41, 5.74) is 0.508. The average molecular weight is 419 g/mol. The van der Waals surface area contributed by atoms with Gasteiger partial charge in [-0.25, -0.2) is 8.42 Å². The number of piperidine rings is 1. The number of carbonyl (C=O) groups excluding carboxylic acids is 1. The summed E-state index contributed by atoms with van der Waals surface area (Å²) in [5, 5.41) is 2.75. The molecule has 1 heterocycles. The van der Waals surface area contributed by atoms with Gasteiger partial charge < -0.3 is 14.8 Å². The number of nitrogens with zero attached hydrogens (tertiary/aromatic N) is 1. The minimum absolute atomic E-state index is 0.234. The van der Waals surface area contributed by atoms with E-state index in [0.717, 1.165) is 19.3 Å². The molecule has 0 radical (unpaired) electrons. The van der Waals surface area contributed by atoms with Crippen LogP contribution in [-0.2, 0) is 14.8 Å². The predicted octanol–water partition coefficient (Wildman–Crippen LogP) is 3.28. The van der Waals surface area contributed by atoms with Gasteiger partial charge in [-0.1, -0.05) is 12.5 Å². The largest absolute Gasteiger partial charge is 0.497 e. The molecule has 0 aliphatic carbocycles. The van der Waals surface area contributed by atoms with Gasteiger partial charge in [-0.15, -0.1) is 0 Å². The molecule has 156 valence electrons. The van der Waals surface area contributed by atoms with E-state index in [9.17, 15) is 13.2 Å². The van der Waals surface area contributed by atoms with Gasteiger partial charge >= 0.3 is 0 Å². The van der Waals surface area contributed by atoms with Gasteiger partial charge in [-0.3, -0.25) is 4.79 Å². The number of sulfonamides is 1. The molecule has 1 unspecified atom stereocenters. The summed E-state index contributed by atoms with van der Waals surface area (Å²) in [7, 11) is -1.93. The summed E-state index contributed by atoms with van der Waals surface area (Å²) < 4.78 is 37.7. The van der Waals surface area contributed by atoms with Gasteiger partial charge in [0.25, 0.3) is 5.91 Å². The van der Waals surface area contributed by atoms with E-state index in [1.54, 1.807) is 50.4 Å². The number of methoxy groups -OCH3 is 1. The van der Waals surface area contributed by atoms with Crippen molar-refractivity contribution in [2.75, 3.05) is 25.5 Å². The number of hydrogen-bond acceptors (Lipinski definition) is 5. The van der Waals surface area contributed by atoms with E-state index in [1.165, 1.54) is 16.4 Å². The summed E-state index contributed by atoms with van der Waals surface area (Å²) in [6.45, 7) is 2.75. The zero-order chi connectivity index (χ0) is 20.9. The number of hydrogen-bond donors (Lipinski definition) is 1. The van der Waals surface area contributed by atoms with E-state index < -0.39 is 16.1 Å². The van der Waals surface area contributed by atoms with E-state index >= 15 is 0 Å². The topological polar surface area (TPSA) is 84.9 Å². The van der Waals surface area contributed by atoms with Gasteiger partial charge in [0.2, 0.25) is 10.0 Å². The highest BCUT2D eigenvalue weighted by molar-refractivity contribution is 7.89. The first-order valence-corrected chi connectivity index (χ1v) is 11.1. The van der Waals surface area contributed by atoms with Crippen LogP contribution in [0.3, 0.4) is 0 Å². The lowest BCUT2D eigenvalue weighted by Gasteiger charge is -2.25. The first-order valence-electron chi connectivity index (χ1n) is 9.62. The first-order chi connectivity index (χ1) is 13.9. The fraction of sp³-hybridized carbons (Fsp3) is 0.381. The second-order valence-corrected chi connectivity index (χ2v) is 8.86. The van der Waals surface area contributed by atoms with Gasteiger partial charge in [0, 0.05) is 24.8 Å². The lowest BCUT2D eigenvalue weighted by atomic mass is 10.2. The Morgan fingerprint density at radius 3 is 2.34 bits per heavy atom. The van der Waals surface area contributed by atoms with E-state index in [2.05, 4.69) is 5.32 Å². The summed E-state index contributed by atoms with van der Waals surface area (Å²) in [4.78, 5) is 12.6. The van der Waals surface area contributed by atoms with Crippen LogP contribution in [0.25, 0.3) is 0 Å². The van der Waals surface area contributed by atoms with Gasteiger partial charge in [-0.2, -0.15) is 4.31 Å². The molecule has 3 rings (SSSR count). The van der Waals surface area contributed by atoms with Gasteiger partial charge in [0.1, 0.15) is 11.5 Å². The molecule has 1 atom stereocenters. The number of amides is 1. The molecule has 8 heteroatoms. The minimum Gasteiger partial charge on any atom is -0.497 e. The molecule has 1 aliphatic rings. The lowest BCUT2D eigenvalue weighted by molar-refractivity contribution is -0.122. The number of anilines is 1. The highest BCUT2D eigenvalue weighted by Gasteiger charge is 2.25. The third-order valence-electron chi connectivity index (χ3n) is 4.80. The molecule has 1 fully saturated rings. The first kappa shape index (κ1) is 21.1. The summed E-state index contributed by atoms with van der Waals surface area (Å²) in [6, 6.07) is 13.2. The standard InChI is InChI=1S/C21H26N2O5S/c1-16(28-19-8-6-7-18(15-19)27-2)21(24)22-17-9-11-20(12-10-17)29(25,26)23-13-4-3-5-14-23/h6-12,15-16H,3-5,13-14H2,1-2H3,(H,22,24). The molecule has 2 aromatic carbocycles. The summed E-state index contributed by atoms with van der Waals surface area (Å²) >= 11 is 0. The molecular formula is C21H26N2O5S. The van der Waals surface area contributed by atoms with Crippen molar-refractivity contribution in [1.29, 1.82) is 0 Å². The fourth-order valence-corrected chi connectivity index (χ4v) is 4.66. The van der Waals surface area contributed by atoms with Crippen LogP contribution in [0.4, 0.5) is 5.69 Å².